The molecule has 1 aliphatic carbocycles. The molecule has 3 nitrogen and oxygen atoms in total. The number of rotatable bonds is 2. The van der Waals surface area contributed by atoms with Crippen LogP contribution in [0.4, 0.5) is 0 Å². The highest BCUT2D eigenvalue weighted by molar-refractivity contribution is 5.70. The number of aliphatic hydroxyl groups is 1. The summed E-state index contributed by atoms with van der Waals surface area (Å²) in [5.74, 6) is -0.914. The van der Waals surface area contributed by atoms with Crippen LogP contribution in [0.3, 0.4) is 0 Å². The van der Waals surface area contributed by atoms with Crippen LogP contribution in [-0.2, 0) is 4.79 Å². The lowest BCUT2D eigenvalue weighted by atomic mass is 9.79. The van der Waals surface area contributed by atoms with E-state index < -0.39 is 12.1 Å². The molecule has 12 heavy (non-hydrogen) atoms. The monoisotopic (exact) mass is 171 g/mol. The summed E-state index contributed by atoms with van der Waals surface area (Å²) in [6, 6.07) is 0. The van der Waals surface area contributed by atoms with E-state index in [1.165, 1.54) is 0 Å². The number of carboxylic acids is 1. The minimum Gasteiger partial charge on any atom is -0.481 e. The molecule has 0 saturated heterocycles. The number of hydrogen-bond acceptors (Lipinski definition) is 2. The Morgan fingerprint density at radius 1 is 1.67 bits per heavy atom. The molecular weight excluding hydrogens is 156 g/mol. The molecule has 69 valence electrons. The van der Waals surface area contributed by atoms with Crippen molar-refractivity contribution in [3.8, 4) is 0 Å². The summed E-state index contributed by atoms with van der Waals surface area (Å²) in [5, 5.41) is 18.0. The zero-order chi connectivity index (χ0) is 9.14. The van der Waals surface area contributed by atoms with E-state index in [2.05, 4.69) is 0 Å². The van der Waals surface area contributed by atoms with Gasteiger partial charge < -0.3 is 10.2 Å². The molecule has 0 aliphatic heterocycles. The average Bonchev–Trinajstić information content (AvgIpc) is 2.04. The van der Waals surface area contributed by atoms with E-state index in [0.29, 0.717) is 6.42 Å². The summed E-state index contributed by atoms with van der Waals surface area (Å²) in [7, 11) is 0. The molecule has 3 unspecified atom stereocenters. The maximum absolute atomic E-state index is 10.6. The molecule has 1 radical (unpaired) electrons. The van der Waals surface area contributed by atoms with Gasteiger partial charge in [0.05, 0.1) is 12.0 Å². The van der Waals surface area contributed by atoms with Gasteiger partial charge in [0, 0.05) is 0 Å². The van der Waals surface area contributed by atoms with E-state index in [-0.39, 0.29) is 11.8 Å². The Balaban J connectivity index is 2.46. The van der Waals surface area contributed by atoms with Gasteiger partial charge >= 0.3 is 5.97 Å². The van der Waals surface area contributed by atoms with Crippen molar-refractivity contribution in [2.24, 2.45) is 11.8 Å². The summed E-state index contributed by atoms with van der Waals surface area (Å²) in [6.07, 6.45) is 3.74. The third-order valence-corrected chi connectivity index (χ3v) is 2.51. The van der Waals surface area contributed by atoms with Gasteiger partial charge in [0.15, 0.2) is 0 Å². The molecule has 0 aromatic heterocycles. The van der Waals surface area contributed by atoms with Crippen LogP contribution >= 0.6 is 0 Å². The lowest BCUT2D eigenvalue weighted by Gasteiger charge is -2.28. The van der Waals surface area contributed by atoms with Crippen LogP contribution < -0.4 is 0 Å². The van der Waals surface area contributed by atoms with Gasteiger partial charge in [-0.25, -0.2) is 0 Å². The second kappa shape index (κ2) is 3.90. The summed E-state index contributed by atoms with van der Waals surface area (Å²) in [4.78, 5) is 10.6. The molecule has 0 bridgehead atoms. The van der Waals surface area contributed by atoms with Gasteiger partial charge in [0.25, 0.3) is 0 Å². The highest BCUT2D eigenvalue weighted by Crippen LogP contribution is 2.30. The van der Waals surface area contributed by atoms with Gasteiger partial charge in [0.2, 0.25) is 0 Å². The lowest BCUT2D eigenvalue weighted by Crippen LogP contribution is -2.28. The largest absolute Gasteiger partial charge is 0.481 e. The first-order valence-corrected chi connectivity index (χ1v) is 4.35. The summed E-state index contributed by atoms with van der Waals surface area (Å²) < 4.78 is 0. The fourth-order valence-electron chi connectivity index (χ4n) is 1.67. The molecule has 1 rings (SSSR count). The van der Waals surface area contributed by atoms with Gasteiger partial charge in [0.1, 0.15) is 0 Å². The predicted molar refractivity (Wildman–Crippen MR) is 44.4 cm³/mol. The second-order valence-electron chi connectivity index (χ2n) is 3.49. The topological polar surface area (TPSA) is 57.5 Å². The fraction of sp³-hybridized carbons (Fsp3) is 0.778. The van der Waals surface area contributed by atoms with Crippen LogP contribution in [-0.4, -0.2) is 22.3 Å². The summed E-state index contributed by atoms with van der Waals surface area (Å²) in [6.45, 7) is 1.71. The molecule has 2 N–H and O–H groups in total. The predicted octanol–water partition coefficient (Wildman–Crippen LogP) is 1.07. The van der Waals surface area contributed by atoms with Crippen molar-refractivity contribution in [1.82, 2.24) is 0 Å². The number of hydrogen-bond donors (Lipinski definition) is 2. The average molecular weight is 171 g/mol. The molecule has 1 saturated carbocycles. The Kier molecular flexibility index (Phi) is 3.09. The summed E-state index contributed by atoms with van der Waals surface area (Å²) in [5.41, 5.74) is 0. The second-order valence-corrected chi connectivity index (χ2v) is 3.49. The minimum absolute atomic E-state index is 0.0693. The molecule has 1 aliphatic rings. The zero-order valence-electron chi connectivity index (χ0n) is 7.23. The van der Waals surface area contributed by atoms with Gasteiger partial charge in [-0.1, -0.05) is 0 Å². The van der Waals surface area contributed by atoms with E-state index in [9.17, 15) is 9.90 Å². The third-order valence-electron chi connectivity index (χ3n) is 2.51. The van der Waals surface area contributed by atoms with Crippen molar-refractivity contribution in [1.29, 1.82) is 0 Å². The van der Waals surface area contributed by atoms with Crippen LogP contribution in [0.15, 0.2) is 0 Å². The third kappa shape index (κ3) is 2.21. The molecule has 0 aromatic rings. The van der Waals surface area contributed by atoms with E-state index >= 15 is 0 Å². The standard InChI is InChI=1S/C9H15O3/c1-6(10)7-3-2-4-8(5-7)9(11)12/h3,6-8,10H,2,4-5H2,1H3,(H,11,12). The Bertz CT molecular complexity index is 165. The van der Waals surface area contributed by atoms with Crippen LogP contribution in [0, 0.1) is 18.3 Å². The first-order chi connectivity index (χ1) is 5.61. The molecule has 1 fully saturated rings. The summed E-state index contributed by atoms with van der Waals surface area (Å²) >= 11 is 0. The smallest absolute Gasteiger partial charge is 0.306 e. The fourth-order valence-corrected chi connectivity index (χ4v) is 1.67. The first-order valence-electron chi connectivity index (χ1n) is 4.35. The quantitative estimate of drug-likeness (QED) is 0.653. The molecule has 0 heterocycles. The van der Waals surface area contributed by atoms with Crippen molar-refractivity contribution >= 4 is 5.97 Å². The Hall–Kier alpha value is -0.570. The first kappa shape index (κ1) is 9.52. The van der Waals surface area contributed by atoms with E-state index in [4.69, 9.17) is 5.11 Å². The van der Waals surface area contributed by atoms with Crippen LogP contribution in [0.25, 0.3) is 0 Å². The number of carbonyl (C=O) groups is 1. The van der Waals surface area contributed by atoms with E-state index in [1.807, 2.05) is 6.42 Å². The van der Waals surface area contributed by atoms with E-state index in [1.54, 1.807) is 6.92 Å². The molecule has 0 amide bonds. The number of carboxylic acid groups (broad SMARTS) is 1. The van der Waals surface area contributed by atoms with Crippen molar-refractivity contribution in [3.63, 3.8) is 0 Å². The highest BCUT2D eigenvalue weighted by atomic mass is 16.4. The SMILES string of the molecule is CC(O)C1[CH]CCC(C(=O)O)C1. The van der Waals surface area contributed by atoms with E-state index in [0.717, 1.165) is 12.8 Å². The van der Waals surface area contributed by atoms with Crippen molar-refractivity contribution in [2.75, 3.05) is 0 Å². The zero-order valence-corrected chi connectivity index (χ0v) is 7.23. The molecule has 0 spiro atoms. The molecule has 3 heteroatoms. The van der Waals surface area contributed by atoms with Crippen LogP contribution in [0.5, 0.6) is 0 Å². The highest BCUT2D eigenvalue weighted by Gasteiger charge is 2.29. The van der Waals surface area contributed by atoms with Crippen molar-refractivity contribution < 1.29 is 15.0 Å². The Morgan fingerprint density at radius 3 is 2.83 bits per heavy atom. The normalized spacial score (nSPS) is 32.8. The molecule has 3 atom stereocenters. The van der Waals surface area contributed by atoms with Crippen molar-refractivity contribution in [2.45, 2.75) is 32.3 Å². The molecular formula is C9H15O3. The van der Waals surface area contributed by atoms with Gasteiger partial charge in [-0.2, -0.15) is 0 Å². The molecule has 0 aromatic carbocycles. The maximum atomic E-state index is 10.6. The minimum atomic E-state index is -0.728. The van der Waals surface area contributed by atoms with Gasteiger partial charge in [-0.15, -0.1) is 0 Å². The van der Waals surface area contributed by atoms with Gasteiger partial charge in [-0.3, -0.25) is 4.79 Å². The lowest BCUT2D eigenvalue weighted by molar-refractivity contribution is -0.143. The van der Waals surface area contributed by atoms with Crippen LogP contribution in [0.2, 0.25) is 0 Å². The van der Waals surface area contributed by atoms with Gasteiger partial charge in [-0.05, 0) is 38.5 Å². The number of aliphatic hydroxyl groups excluding tert-OH is 1. The van der Waals surface area contributed by atoms with Crippen LogP contribution in [0.1, 0.15) is 26.2 Å². The van der Waals surface area contributed by atoms with Crippen molar-refractivity contribution in [3.05, 3.63) is 6.42 Å². The maximum Gasteiger partial charge on any atom is 0.306 e. The number of aliphatic carboxylic acids is 1. The Morgan fingerprint density at radius 2 is 2.33 bits per heavy atom. The Labute approximate surface area is 72.4 Å².